The van der Waals surface area contributed by atoms with E-state index in [1.807, 2.05) is 13.8 Å². The number of carbonyl (C=O) groups is 2. The minimum absolute atomic E-state index is 0.0811. The Kier molecular flexibility index (Phi) is 7.38. The Balaban J connectivity index is 3.19. The van der Waals surface area contributed by atoms with E-state index in [1.54, 1.807) is 0 Å². The topological polar surface area (TPSA) is 111 Å². The molecule has 25 heavy (non-hydrogen) atoms. The Bertz CT molecular complexity index is 730. The van der Waals surface area contributed by atoms with Gasteiger partial charge in [0.05, 0.1) is 24.8 Å². The van der Waals surface area contributed by atoms with Gasteiger partial charge in [0.25, 0.3) is 0 Å². The number of ether oxygens (including phenoxy) is 2. The molecule has 140 valence electrons. The Morgan fingerprint density at radius 1 is 1.20 bits per heavy atom. The molecule has 1 unspecified atom stereocenters. The summed E-state index contributed by atoms with van der Waals surface area (Å²) in [6, 6.07) is 3.03. The number of methoxy groups -OCH3 is 2. The van der Waals surface area contributed by atoms with Gasteiger partial charge in [0, 0.05) is 6.92 Å². The third-order valence-corrected chi connectivity index (χ3v) is 4.75. The van der Waals surface area contributed by atoms with Crippen LogP contribution >= 0.6 is 0 Å². The quantitative estimate of drug-likeness (QED) is 0.669. The minimum Gasteiger partial charge on any atom is -0.495 e. The van der Waals surface area contributed by atoms with Gasteiger partial charge in [-0.3, -0.25) is 9.59 Å². The van der Waals surface area contributed by atoms with Crippen molar-refractivity contribution in [1.29, 1.82) is 0 Å². The number of hydrogen-bond acceptors (Lipinski definition) is 6. The number of amides is 1. The Labute approximate surface area is 147 Å². The van der Waals surface area contributed by atoms with Gasteiger partial charge in [-0.15, -0.1) is 0 Å². The number of hydrogen-bond donors (Lipinski definition) is 2. The van der Waals surface area contributed by atoms with Crippen molar-refractivity contribution in [2.24, 2.45) is 5.92 Å². The molecule has 1 atom stereocenters. The van der Waals surface area contributed by atoms with E-state index in [2.05, 4.69) is 14.8 Å². The summed E-state index contributed by atoms with van der Waals surface area (Å²) in [7, 11) is -1.39. The molecule has 8 nitrogen and oxygen atoms in total. The van der Waals surface area contributed by atoms with Gasteiger partial charge in [-0.25, -0.2) is 8.42 Å². The number of esters is 1. The van der Waals surface area contributed by atoms with Gasteiger partial charge in [0.2, 0.25) is 15.9 Å². The molecule has 1 aromatic rings. The smallest absolute Gasteiger partial charge is 0.323 e. The molecule has 0 aliphatic heterocycles. The summed E-state index contributed by atoms with van der Waals surface area (Å²) in [6.45, 7) is 5.04. The molecule has 1 aromatic carbocycles. The highest BCUT2D eigenvalue weighted by Gasteiger charge is 2.27. The van der Waals surface area contributed by atoms with Crippen molar-refractivity contribution in [3.63, 3.8) is 0 Å². The molecule has 0 heterocycles. The van der Waals surface area contributed by atoms with E-state index in [-0.39, 0.29) is 22.4 Å². The maximum absolute atomic E-state index is 12.6. The first-order valence-electron chi connectivity index (χ1n) is 7.66. The van der Waals surface area contributed by atoms with Crippen LogP contribution < -0.4 is 14.8 Å². The fourth-order valence-corrected chi connectivity index (χ4v) is 3.43. The maximum atomic E-state index is 12.6. The van der Waals surface area contributed by atoms with Crippen molar-refractivity contribution < 1.29 is 27.5 Å². The molecule has 0 aromatic heterocycles. The van der Waals surface area contributed by atoms with Crippen molar-refractivity contribution in [1.82, 2.24) is 4.72 Å². The molecule has 0 aliphatic carbocycles. The lowest BCUT2D eigenvalue weighted by Crippen LogP contribution is -2.42. The molecule has 1 rings (SSSR count). The third-order valence-electron chi connectivity index (χ3n) is 3.28. The zero-order valence-corrected chi connectivity index (χ0v) is 15.8. The van der Waals surface area contributed by atoms with E-state index in [4.69, 9.17) is 4.74 Å². The zero-order valence-electron chi connectivity index (χ0n) is 15.0. The molecule has 0 aliphatic rings. The number of rotatable bonds is 8. The fraction of sp³-hybridized carbons (Fsp3) is 0.500. The Morgan fingerprint density at radius 2 is 1.84 bits per heavy atom. The van der Waals surface area contributed by atoms with Crippen LogP contribution in [-0.2, 0) is 24.3 Å². The van der Waals surface area contributed by atoms with Gasteiger partial charge in [0.1, 0.15) is 11.8 Å². The van der Waals surface area contributed by atoms with E-state index in [9.17, 15) is 18.0 Å². The average molecular weight is 372 g/mol. The van der Waals surface area contributed by atoms with Crippen molar-refractivity contribution in [2.45, 2.75) is 38.1 Å². The molecule has 0 radical (unpaired) electrons. The van der Waals surface area contributed by atoms with Crippen molar-refractivity contribution in [3.05, 3.63) is 18.2 Å². The van der Waals surface area contributed by atoms with Gasteiger partial charge in [-0.1, -0.05) is 13.8 Å². The fourth-order valence-electron chi connectivity index (χ4n) is 2.20. The van der Waals surface area contributed by atoms with E-state index in [1.165, 1.54) is 39.3 Å². The predicted octanol–water partition coefficient (Wildman–Crippen LogP) is 1.52. The number of anilines is 1. The minimum atomic E-state index is -4.00. The van der Waals surface area contributed by atoms with Crippen LogP contribution in [-0.4, -0.2) is 40.6 Å². The monoisotopic (exact) mass is 372 g/mol. The van der Waals surface area contributed by atoms with Crippen LogP contribution in [0, 0.1) is 5.92 Å². The molecule has 0 bridgehead atoms. The SMILES string of the molecule is COC(=O)C(CC(C)C)NS(=O)(=O)c1ccc(OC)c(NC(C)=O)c1. The van der Waals surface area contributed by atoms with E-state index in [0.29, 0.717) is 12.2 Å². The van der Waals surface area contributed by atoms with E-state index in [0.717, 1.165) is 0 Å². The van der Waals surface area contributed by atoms with Crippen LogP contribution in [0.3, 0.4) is 0 Å². The molecular formula is C16H24N2O6S. The first-order valence-corrected chi connectivity index (χ1v) is 9.14. The second-order valence-electron chi connectivity index (χ2n) is 5.87. The number of sulfonamides is 1. The standard InChI is InChI=1S/C16H24N2O6S/c1-10(2)8-14(16(20)24-5)18-25(21,22)12-6-7-15(23-4)13(9-12)17-11(3)19/h6-7,9-10,14,18H,8H2,1-5H3,(H,17,19). The van der Waals surface area contributed by atoms with E-state index >= 15 is 0 Å². The zero-order chi connectivity index (χ0) is 19.2. The second-order valence-corrected chi connectivity index (χ2v) is 7.58. The van der Waals surface area contributed by atoms with Crippen LogP contribution in [0.4, 0.5) is 5.69 Å². The second kappa shape index (κ2) is 8.82. The van der Waals surface area contributed by atoms with Gasteiger partial charge >= 0.3 is 5.97 Å². The molecular weight excluding hydrogens is 348 g/mol. The number of carbonyl (C=O) groups excluding carboxylic acids is 2. The summed E-state index contributed by atoms with van der Waals surface area (Å²) >= 11 is 0. The van der Waals surface area contributed by atoms with Gasteiger partial charge < -0.3 is 14.8 Å². The van der Waals surface area contributed by atoms with Crippen LogP contribution in [0.25, 0.3) is 0 Å². The predicted molar refractivity (Wildman–Crippen MR) is 92.9 cm³/mol. The molecule has 2 N–H and O–H groups in total. The summed E-state index contributed by atoms with van der Waals surface area (Å²) in [5.41, 5.74) is 0.219. The highest BCUT2D eigenvalue weighted by Crippen LogP contribution is 2.27. The molecule has 9 heteroatoms. The summed E-state index contributed by atoms with van der Waals surface area (Å²) in [5.74, 6) is -0.626. The first-order chi connectivity index (χ1) is 11.6. The van der Waals surface area contributed by atoms with Crippen LogP contribution in [0.5, 0.6) is 5.75 Å². The molecule has 1 amide bonds. The van der Waals surface area contributed by atoms with Gasteiger partial charge in [-0.2, -0.15) is 4.72 Å². The van der Waals surface area contributed by atoms with Gasteiger partial charge in [0.15, 0.2) is 0 Å². The molecule has 0 saturated heterocycles. The largest absolute Gasteiger partial charge is 0.495 e. The summed E-state index contributed by atoms with van der Waals surface area (Å²) < 4.78 is 37.3. The van der Waals surface area contributed by atoms with Crippen molar-refractivity contribution in [3.8, 4) is 5.75 Å². The first kappa shape index (κ1) is 20.9. The molecule has 0 spiro atoms. The van der Waals surface area contributed by atoms with Gasteiger partial charge in [-0.05, 0) is 30.5 Å². The number of benzene rings is 1. The van der Waals surface area contributed by atoms with Crippen molar-refractivity contribution >= 4 is 27.6 Å². The lowest BCUT2D eigenvalue weighted by Gasteiger charge is -2.19. The van der Waals surface area contributed by atoms with Crippen LogP contribution in [0.1, 0.15) is 27.2 Å². The highest BCUT2D eigenvalue weighted by atomic mass is 32.2. The lowest BCUT2D eigenvalue weighted by atomic mass is 10.1. The van der Waals surface area contributed by atoms with E-state index < -0.39 is 22.0 Å². The Hall–Kier alpha value is -2.13. The van der Waals surface area contributed by atoms with Crippen LogP contribution in [0.15, 0.2) is 23.1 Å². The lowest BCUT2D eigenvalue weighted by molar-refractivity contribution is -0.143. The number of nitrogens with one attached hydrogen (secondary N) is 2. The summed E-state index contributed by atoms with van der Waals surface area (Å²) in [5, 5.41) is 2.51. The molecule has 0 saturated carbocycles. The summed E-state index contributed by atoms with van der Waals surface area (Å²) in [6.07, 6.45) is 0.292. The average Bonchev–Trinajstić information content (AvgIpc) is 2.52. The van der Waals surface area contributed by atoms with Crippen molar-refractivity contribution in [2.75, 3.05) is 19.5 Å². The Morgan fingerprint density at radius 3 is 2.32 bits per heavy atom. The van der Waals surface area contributed by atoms with Crippen LogP contribution in [0.2, 0.25) is 0 Å². The summed E-state index contributed by atoms with van der Waals surface area (Å²) in [4.78, 5) is 23.0. The maximum Gasteiger partial charge on any atom is 0.323 e. The molecule has 0 fully saturated rings. The highest BCUT2D eigenvalue weighted by molar-refractivity contribution is 7.89. The third kappa shape index (κ3) is 6.02. The normalized spacial score (nSPS) is 12.6.